The number of nitrogens with one attached hydrogen (secondary N) is 1. The summed E-state index contributed by atoms with van der Waals surface area (Å²) in [4.78, 5) is 23.8. The number of nitrogens with zero attached hydrogens (tertiary/aromatic N) is 1. The van der Waals surface area contributed by atoms with E-state index in [2.05, 4.69) is 19.2 Å². The van der Waals surface area contributed by atoms with E-state index in [1.54, 1.807) is 4.90 Å². The molecule has 1 N–H and O–H groups in total. The van der Waals surface area contributed by atoms with E-state index < -0.39 is 0 Å². The van der Waals surface area contributed by atoms with Gasteiger partial charge in [-0.25, -0.2) is 4.79 Å². The minimum absolute atomic E-state index is 0.0710. The predicted molar refractivity (Wildman–Crippen MR) is 65.4 cm³/mol. The zero-order chi connectivity index (χ0) is 12.5. The lowest BCUT2D eigenvalue weighted by atomic mass is 9.70. The first-order valence-corrected chi connectivity index (χ1v) is 6.27. The lowest BCUT2D eigenvalue weighted by Gasteiger charge is -2.43. The van der Waals surface area contributed by atoms with Crippen molar-refractivity contribution in [3.05, 3.63) is 11.8 Å². The molecule has 1 heterocycles. The molecule has 0 spiro atoms. The van der Waals surface area contributed by atoms with Gasteiger partial charge in [-0.1, -0.05) is 20.3 Å². The SMILES string of the molecule is CC1(C)CCCC2NC(=O)N(CCC=O)C=C21. The summed E-state index contributed by atoms with van der Waals surface area (Å²) >= 11 is 0. The molecule has 1 aliphatic carbocycles. The molecule has 17 heavy (non-hydrogen) atoms. The fourth-order valence-electron chi connectivity index (χ4n) is 2.75. The van der Waals surface area contributed by atoms with Crippen LogP contribution in [0.4, 0.5) is 4.79 Å². The highest BCUT2D eigenvalue weighted by Crippen LogP contribution is 2.41. The summed E-state index contributed by atoms with van der Waals surface area (Å²) < 4.78 is 0. The van der Waals surface area contributed by atoms with Gasteiger partial charge in [0.2, 0.25) is 0 Å². The lowest BCUT2D eigenvalue weighted by molar-refractivity contribution is -0.107. The third-order valence-corrected chi connectivity index (χ3v) is 3.79. The average Bonchev–Trinajstić information content (AvgIpc) is 2.26. The number of urea groups is 1. The van der Waals surface area contributed by atoms with E-state index in [-0.39, 0.29) is 17.5 Å². The predicted octanol–water partition coefficient (Wildman–Crippen LogP) is 2.06. The number of hydrogen-bond acceptors (Lipinski definition) is 2. The summed E-state index contributed by atoms with van der Waals surface area (Å²) in [6, 6.07) is 0.122. The molecule has 0 saturated heterocycles. The van der Waals surface area contributed by atoms with Crippen LogP contribution >= 0.6 is 0 Å². The maximum Gasteiger partial charge on any atom is 0.321 e. The highest BCUT2D eigenvalue weighted by atomic mass is 16.2. The zero-order valence-electron chi connectivity index (χ0n) is 10.5. The van der Waals surface area contributed by atoms with Crippen molar-refractivity contribution in [2.24, 2.45) is 5.41 Å². The van der Waals surface area contributed by atoms with Crippen LogP contribution in [0.3, 0.4) is 0 Å². The molecule has 0 bridgehead atoms. The number of fused-ring (bicyclic) bond motifs is 1. The van der Waals surface area contributed by atoms with Gasteiger partial charge < -0.3 is 15.0 Å². The average molecular weight is 236 g/mol. The minimum atomic E-state index is -0.0710. The highest BCUT2D eigenvalue weighted by Gasteiger charge is 2.38. The Labute approximate surface area is 102 Å². The van der Waals surface area contributed by atoms with Gasteiger partial charge in [-0.15, -0.1) is 0 Å². The quantitative estimate of drug-likeness (QED) is 0.762. The van der Waals surface area contributed by atoms with E-state index in [1.165, 1.54) is 5.57 Å². The normalized spacial score (nSPS) is 26.9. The topological polar surface area (TPSA) is 49.4 Å². The van der Waals surface area contributed by atoms with Crippen molar-refractivity contribution in [1.82, 2.24) is 10.2 Å². The van der Waals surface area contributed by atoms with Crippen molar-refractivity contribution in [3.63, 3.8) is 0 Å². The van der Waals surface area contributed by atoms with Crippen LogP contribution in [0, 0.1) is 5.41 Å². The van der Waals surface area contributed by atoms with Crippen molar-refractivity contribution in [1.29, 1.82) is 0 Å². The number of amides is 2. The molecule has 2 amide bonds. The van der Waals surface area contributed by atoms with Crippen LogP contribution in [0.15, 0.2) is 11.8 Å². The van der Waals surface area contributed by atoms with Gasteiger partial charge in [0.1, 0.15) is 6.29 Å². The first-order valence-electron chi connectivity index (χ1n) is 6.27. The van der Waals surface area contributed by atoms with Gasteiger partial charge in [0.15, 0.2) is 0 Å². The molecule has 4 heteroatoms. The summed E-state index contributed by atoms with van der Waals surface area (Å²) in [6.45, 7) is 4.92. The van der Waals surface area contributed by atoms with Crippen molar-refractivity contribution in [3.8, 4) is 0 Å². The second kappa shape index (κ2) is 4.51. The number of carbonyl (C=O) groups is 2. The van der Waals surface area contributed by atoms with Crippen molar-refractivity contribution < 1.29 is 9.59 Å². The van der Waals surface area contributed by atoms with Crippen molar-refractivity contribution >= 4 is 12.3 Å². The lowest BCUT2D eigenvalue weighted by Crippen LogP contribution is -2.52. The van der Waals surface area contributed by atoms with E-state index in [9.17, 15) is 9.59 Å². The molecular formula is C13H20N2O2. The molecule has 4 nitrogen and oxygen atoms in total. The fourth-order valence-corrected chi connectivity index (χ4v) is 2.75. The molecule has 2 rings (SSSR count). The van der Waals surface area contributed by atoms with Gasteiger partial charge in [0.25, 0.3) is 0 Å². The van der Waals surface area contributed by atoms with Gasteiger partial charge in [-0.2, -0.15) is 0 Å². The van der Waals surface area contributed by atoms with Crippen LogP contribution in [0.1, 0.15) is 39.5 Å². The molecule has 94 valence electrons. The largest absolute Gasteiger partial charge is 0.331 e. The highest BCUT2D eigenvalue weighted by molar-refractivity contribution is 5.78. The molecule has 1 fully saturated rings. The number of carbonyl (C=O) groups excluding carboxylic acids is 2. The van der Waals surface area contributed by atoms with E-state index in [4.69, 9.17) is 0 Å². The number of rotatable bonds is 3. The van der Waals surface area contributed by atoms with Crippen LogP contribution in [0.5, 0.6) is 0 Å². The molecule has 1 saturated carbocycles. The van der Waals surface area contributed by atoms with E-state index in [0.29, 0.717) is 13.0 Å². The summed E-state index contributed by atoms with van der Waals surface area (Å²) in [5.74, 6) is 0. The maximum atomic E-state index is 11.8. The van der Waals surface area contributed by atoms with E-state index >= 15 is 0 Å². The van der Waals surface area contributed by atoms with Gasteiger partial charge in [-0.05, 0) is 23.8 Å². The minimum Gasteiger partial charge on any atom is -0.331 e. The van der Waals surface area contributed by atoms with Crippen molar-refractivity contribution in [2.75, 3.05) is 6.54 Å². The molecule has 0 aromatic carbocycles. The summed E-state index contributed by atoms with van der Waals surface area (Å²) in [7, 11) is 0. The Balaban J connectivity index is 2.21. The molecule has 0 aromatic heterocycles. The summed E-state index contributed by atoms with van der Waals surface area (Å²) in [5.41, 5.74) is 1.45. The molecule has 1 atom stereocenters. The van der Waals surface area contributed by atoms with E-state index in [0.717, 1.165) is 25.5 Å². The molecule has 0 radical (unpaired) electrons. The van der Waals surface area contributed by atoms with Crippen LogP contribution < -0.4 is 5.32 Å². The Morgan fingerprint density at radius 1 is 1.59 bits per heavy atom. The second-order valence-electron chi connectivity index (χ2n) is 5.51. The Morgan fingerprint density at radius 2 is 2.35 bits per heavy atom. The molecule has 2 aliphatic rings. The Kier molecular flexibility index (Phi) is 3.22. The summed E-state index contributed by atoms with van der Waals surface area (Å²) in [6.07, 6.45) is 6.55. The third kappa shape index (κ3) is 2.35. The fraction of sp³-hybridized carbons (Fsp3) is 0.692. The van der Waals surface area contributed by atoms with Gasteiger partial charge in [-0.3, -0.25) is 0 Å². The first-order chi connectivity index (χ1) is 8.04. The van der Waals surface area contributed by atoms with E-state index in [1.807, 2.05) is 6.20 Å². The molecule has 1 unspecified atom stereocenters. The number of aldehydes is 1. The smallest absolute Gasteiger partial charge is 0.321 e. The molecule has 1 aliphatic heterocycles. The van der Waals surface area contributed by atoms with Gasteiger partial charge in [0.05, 0.1) is 6.04 Å². The summed E-state index contributed by atoms with van der Waals surface area (Å²) in [5, 5.41) is 3.04. The third-order valence-electron chi connectivity index (χ3n) is 3.79. The van der Waals surface area contributed by atoms with Crippen LogP contribution in [-0.2, 0) is 4.79 Å². The van der Waals surface area contributed by atoms with Crippen molar-refractivity contribution in [2.45, 2.75) is 45.6 Å². The maximum absolute atomic E-state index is 11.8. The Bertz CT molecular complexity index is 360. The second-order valence-corrected chi connectivity index (χ2v) is 5.51. The van der Waals surface area contributed by atoms with Gasteiger partial charge >= 0.3 is 6.03 Å². The van der Waals surface area contributed by atoms with Gasteiger partial charge in [0, 0.05) is 19.2 Å². The Hall–Kier alpha value is -1.32. The first kappa shape index (κ1) is 12.1. The zero-order valence-corrected chi connectivity index (χ0v) is 10.5. The van der Waals surface area contributed by atoms with Crippen LogP contribution in [0.2, 0.25) is 0 Å². The number of hydrogen-bond donors (Lipinski definition) is 1. The van der Waals surface area contributed by atoms with Crippen LogP contribution in [-0.4, -0.2) is 29.8 Å². The van der Waals surface area contributed by atoms with Crippen LogP contribution in [0.25, 0.3) is 0 Å². The molecule has 0 aromatic rings. The standard InChI is InChI=1S/C13H20N2O2/c1-13(2)6-3-5-11-10(13)9-15(7-4-8-16)12(17)14-11/h8-9,11H,3-7H2,1-2H3,(H,14,17). The molecular weight excluding hydrogens is 216 g/mol. The Morgan fingerprint density at radius 3 is 3.06 bits per heavy atom. The monoisotopic (exact) mass is 236 g/mol.